The van der Waals surface area contributed by atoms with Gasteiger partial charge in [-0.25, -0.2) is 4.57 Å². The quantitative estimate of drug-likeness (QED) is 0.313. The van der Waals surface area contributed by atoms with Crippen molar-refractivity contribution in [2.75, 3.05) is 0 Å². The maximum absolute atomic E-state index is 4.72. The molecule has 4 aromatic rings. The first-order valence-corrected chi connectivity index (χ1v) is 11.6. The van der Waals surface area contributed by atoms with Gasteiger partial charge in [-0.1, -0.05) is 58.9 Å². The lowest BCUT2D eigenvalue weighted by atomic mass is 9.83. The number of rotatable bonds is 3. The van der Waals surface area contributed by atoms with Crippen molar-refractivity contribution in [1.82, 2.24) is 4.98 Å². The first-order valence-electron chi connectivity index (χ1n) is 11.6. The van der Waals surface area contributed by atoms with Gasteiger partial charge in [-0.3, -0.25) is 4.98 Å². The van der Waals surface area contributed by atoms with Gasteiger partial charge in [0.15, 0.2) is 6.20 Å². The standard InChI is InChI=1S/C30H35N2/c1-19(2)28-13-12-22(17-31-28)25-11-9-10-23-18-32(8)29(16-27(23)25)26-15-24(30(5,6)7)14-20(3)21(26)4/h9-19H,1-8H3/q+1. The molecule has 2 aromatic heterocycles. The van der Waals surface area contributed by atoms with Crippen molar-refractivity contribution in [2.45, 2.75) is 59.8 Å². The van der Waals surface area contributed by atoms with Gasteiger partial charge in [-0.15, -0.1) is 0 Å². The van der Waals surface area contributed by atoms with E-state index in [-0.39, 0.29) is 5.41 Å². The number of nitrogens with zero attached hydrogens (tertiary/aromatic N) is 2. The molecule has 0 N–H and O–H groups in total. The second kappa shape index (κ2) is 8.16. The smallest absolute Gasteiger partial charge is 0.213 e. The third-order valence-electron chi connectivity index (χ3n) is 6.63. The fraction of sp³-hybridized carbons (Fsp3) is 0.333. The van der Waals surface area contributed by atoms with Crippen molar-refractivity contribution in [3.63, 3.8) is 0 Å². The molecule has 2 nitrogen and oxygen atoms in total. The normalized spacial score (nSPS) is 12.0. The summed E-state index contributed by atoms with van der Waals surface area (Å²) in [6, 6.07) is 18.0. The van der Waals surface area contributed by atoms with Crippen molar-refractivity contribution in [2.24, 2.45) is 7.05 Å². The Kier molecular flexibility index (Phi) is 5.67. The van der Waals surface area contributed by atoms with E-state index in [0.717, 1.165) is 11.3 Å². The highest BCUT2D eigenvalue weighted by Gasteiger charge is 2.21. The maximum Gasteiger partial charge on any atom is 0.213 e. The van der Waals surface area contributed by atoms with Crippen molar-refractivity contribution in [3.05, 3.63) is 83.3 Å². The van der Waals surface area contributed by atoms with Crippen molar-refractivity contribution >= 4 is 10.8 Å². The second-order valence-corrected chi connectivity index (χ2v) is 10.4. The Morgan fingerprint density at radius 3 is 2.28 bits per heavy atom. The number of pyridine rings is 2. The molecular weight excluding hydrogens is 388 g/mol. The van der Waals surface area contributed by atoms with E-state index in [2.05, 4.69) is 115 Å². The molecular formula is C30H35N2+. The van der Waals surface area contributed by atoms with Crippen molar-refractivity contribution in [3.8, 4) is 22.4 Å². The molecule has 0 bridgehead atoms. The van der Waals surface area contributed by atoms with Gasteiger partial charge in [0.25, 0.3) is 0 Å². The van der Waals surface area contributed by atoms with Crippen molar-refractivity contribution in [1.29, 1.82) is 0 Å². The molecule has 0 aliphatic rings. The molecule has 0 spiro atoms. The molecule has 32 heavy (non-hydrogen) atoms. The van der Waals surface area contributed by atoms with Gasteiger partial charge in [0.05, 0.1) is 0 Å². The molecule has 164 valence electrons. The van der Waals surface area contributed by atoms with Crippen LogP contribution < -0.4 is 4.57 Å². The van der Waals surface area contributed by atoms with Crippen LogP contribution in [0.4, 0.5) is 0 Å². The lowest BCUT2D eigenvalue weighted by Gasteiger charge is -2.22. The predicted octanol–water partition coefficient (Wildman–Crippen LogP) is 7.43. The van der Waals surface area contributed by atoms with Crippen LogP contribution in [0.1, 0.15) is 62.9 Å². The number of hydrogen-bond acceptors (Lipinski definition) is 1. The fourth-order valence-corrected chi connectivity index (χ4v) is 4.36. The Balaban J connectivity index is 1.95. The Bertz CT molecular complexity index is 1290. The van der Waals surface area contributed by atoms with E-state index in [0.29, 0.717) is 5.92 Å². The summed E-state index contributed by atoms with van der Waals surface area (Å²) in [5, 5.41) is 2.50. The minimum Gasteiger partial charge on any atom is -0.260 e. The SMILES string of the molecule is Cc1cc(C(C)(C)C)cc(-c2cc3c(-c4ccc(C(C)C)nc4)cccc3c[n+]2C)c1C. The summed E-state index contributed by atoms with van der Waals surface area (Å²) < 4.78 is 2.26. The molecule has 0 aliphatic carbocycles. The molecule has 2 aromatic carbocycles. The topological polar surface area (TPSA) is 16.8 Å². The summed E-state index contributed by atoms with van der Waals surface area (Å²) in [7, 11) is 2.15. The molecule has 0 saturated heterocycles. The van der Waals surface area contributed by atoms with E-state index < -0.39 is 0 Å². The predicted molar refractivity (Wildman–Crippen MR) is 136 cm³/mol. The van der Waals surface area contributed by atoms with E-state index >= 15 is 0 Å². The number of aromatic nitrogens is 2. The third-order valence-corrected chi connectivity index (χ3v) is 6.63. The molecule has 0 saturated carbocycles. The number of benzene rings is 2. The van der Waals surface area contributed by atoms with E-state index in [1.54, 1.807) is 0 Å². The fourth-order valence-electron chi connectivity index (χ4n) is 4.36. The summed E-state index contributed by atoms with van der Waals surface area (Å²) in [5.41, 5.74) is 10.2. The van der Waals surface area contributed by atoms with Gasteiger partial charge in [0.1, 0.15) is 7.05 Å². The van der Waals surface area contributed by atoms with Crippen molar-refractivity contribution < 1.29 is 4.57 Å². The first-order chi connectivity index (χ1) is 15.1. The summed E-state index contributed by atoms with van der Waals surface area (Å²) in [5.74, 6) is 0.434. The van der Waals surface area contributed by atoms with Crippen LogP contribution in [0.5, 0.6) is 0 Å². The molecule has 2 heteroatoms. The zero-order chi connectivity index (χ0) is 23.2. The minimum atomic E-state index is 0.109. The van der Waals surface area contributed by atoms with Crippen LogP contribution >= 0.6 is 0 Å². The van der Waals surface area contributed by atoms with E-state index in [1.807, 2.05) is 6.20 Å². The van der Waals surface area contributed by atoms with Gasteiger partial charge in [-0.2, -0.15) is 0 Å². The number of aryl methyl sites for hydroxylation is 2. The van der Waals surface area contributed by atoms with Crippen LogP contribution in [0.15, 0.2) is 60.9 Å². The first kappa shape index (κ1) is 22.2. The molecule has 0 unspecified atom stereocenters. The van der Waals surface area contributed by atoms with Crippen LogP contribution in [0.2, 0.25) is 0 Å². The second-order valence-electron chi connectivity index (χ2n) is 10.4. The van der Waals surface area contributed by atoms with Gasteiger partial charge in [0, 0.05) is 39.9 Å². The Morgan fingerprint density at radius 1 is 0.906 bits per heavy atom. The van der Waals surface area contributed by atoms with Crippen LogP contribution in [-0.2, 0) is 12.5 Å². The number of hydrogen-bond donors (Lipinski definition) is 0. The molecule has 2 heterocycles. The molecule has 0 radical (unpaired) electrons. The minimum absolute atomic E-state index is 0.109. The Labute approximate surface area is 193 Å². The summed E-state index contributed by atoms with van der Waals surface area (Å²) in [6.07, 6.45) is 4.27. The van der Waals surface area contributed by atoms with E-state index in [1.165, 1.54) is 44.3 Å². The lowest BCUT2D eigenvalue weighted by Crippen LogP contribution is -2.31. The van der Waals surface area contributed by atoms with Gasteiger partial charge >= 0.3 is 0 Å². The van der Waals surface area contributed by atoms with E-state index in [4.69, 9.17) is 4.98 Å². The molecule has 0 amide bonds. The highest BCUT2D eigenvalue weighted by molar-refractivity contribution is 5.97. The van der Waals surface area contributed by atoms with Gasteiger partial charge in [0.2, 0.25) is 5.69 Å². The summed E-state index contributed by atoms with van der Waals surface area (Å²) in [4.78, 5) is 4.72. The van der Waals surface area contributed by atoms with Crippen LogP contribution in [0.25, 0.3) is 33.2 Å². The maximum atomic E-state index is 4.72. The zero-order valence-electron chi connectivity index (χ0n) is 20.7. The van der Waals surface area contributed by atoms with Crippen LogP contribution in [0.3, 0.4) is 0 Å². The van der Waals surface area contributed by atoms with E-state index in [9.17, 15) is 0 Å². The number of fused-ring (bicyclic) bond motifs is 1. The third kappa shape index (κ3) is 4.07. The van der Waals surface area contributed by atoms with Gasteiger partial charge < -0.3 is 0 Å². The lowest BCUT2D eigenvalue weighted by molar-refractivity contribution is -0.659. The monoisotopic (exact) mass is 423 g/mol. The average molecular weight is 424 g/mol. The largest absolute Gasteiger partial charge is 0.260 e. The highest BCUT2D eigenvalue weighted by Crippen LogP contribution is 2.34. The Morgan fingerprint density at radius 2 is 1.66 bits per heavy atom. The molecule has 0 atom stereocenters. The van der Waals surface area contributed by atoms with Crippen LogP contribution in [0, 0.1) is 13.8 Å². The molecule has 0 fully saturated rings. The molecule has 4 rings (SSSR count). The zero-order valence-corrected chi connectivity index (χ0v) is 20.7. The van der Waals surface area contributed by atoms with Crippen LogP contribution in [-0.4, -0.2) is 4.98 Å². The highest BCUT2D eigenvalue weighted by atomic mass is 14.9. The summed E-state index contributed by atoms with van der Waals surface area (Å²) >= 11 is 0. The summed E-state index contributed by atoms with van der Waals surface area (Å²) in [6.45, 7) is 15.7. The Hall–Kier alpha value is -3.00. The molecule has 0 aliphatic heterocycles. The average Bonchev–Trinajstić information content (AvgIpc) is 2.74. The van der Waals surface area contributed by atoms with Gasteiger partial charge in [-0.05, 0) is 65.6 Å².